The highest BCUT2D eigenvalue weighted by Gasteiger charge is 2.18. The van der Waals surface area contributed by atoms with Crippen molar-refractivity contribution < 1.29 is 19.5 Å². The van der Waals surface area contributed by atoms with E-state index in [0.717, 1.165) is 11.3 Å². The first-order chi connectivity index (χ1) is 14.1. The fourth-order valence-electron chi connectivity index (χ4n) is 2.77. The minimum atomic E-state index is -0.764. The van der Waals surface area contributed by atoms with Crippen LogP contribution in [-0.4, -0.2) is 63.8 Å². The van der Waals surface area contributed by atoms with E-state index < -0.39 is 12.6 Å². The van der Waals surface area contributed by atoms with Crippen LogP contribution in [0.5, 0.6) is 0 Å². The SMILES string of the molecule is CN(Cc1ccc(N(C)C)cc1)C(=O)COC(=O)c1cc(N([O-])O)ccc1N(C)C. The van der Waals surface area contributed by atoms with Gasteiger partial charge in [-0.25, -0.2) is 4.79 Å². The van der Waals surface area contributed by atoms with Gasteiger partial charge in [0.15, 0.2) is 6.61 Å². The fourth-order valence-corrected chi connectivity index (χ4v) is 2.77. The van der Waals surface area contributed by atoms with Crippen LogP contribution in [-0.2, 0) is 16.1 Å². The van der Waals surface area contributed by atoms with E-state index in [-0.39, 0.29) is 22.4 Å². The van der Waals surface area contributed by atoms with E-state index in [2.05, 4.69) is 0 Å². The topological polar surface area (TPSA) is 99.6 Å². The second kappa shape index (κ2) is 9.95. The zero-order chi connectivity index (χ0) is 22.4. The second-order valence-corrected chi connectivity index (χ2v) is 7.26. The lowest BCUT2D eigenvalue weighted by Crippen LogP contribution is -2.31. The molecule has 0 heterocycles. The number of nitrogens with zero attached hydrogens (tertiary/aromatic N) is 4. The summed E-state index contributed by atoms with van der Waals surface area (Å²) in [6, 6.07) is 11.9. The molecule has 0 spiro atoms. The molecule has 30 heavy (non-hydrogen) atoms. The summed E-state index contributed by atoms with van der Waals surface area (Å²) in [7, 11) is 8.97. The van der Waals surface area contributed by atoms with Crippen molar-refractivity contribution in [3.8, 4) is 0 Å². The molecule has 0 bridgehead atoms. The third-order valence-corrected chi connectivity index (χ3v) is 4.53. The molecule has 0 atom stereocenters. The van der Waals surface area contributed by atoms with E-state index >= 15 is 0 Å². The van der Waals surface area contributed by atoms with E-state index in [1.807, 2.05) is 43.3 Å². The Bertz CT molecular complexity index is 881. The highest BCUT2D eigenvalue weighted by Crippen LogP contribution is 2.25. The maximum Gasteiger partial charge on any atom is 0.340 e. The molecule has 0 aliphatic carbocycles. The Hall–Kier alpha value is -3.30. The summed E-state index contributed by atoms with van der Waals surface area (Å²) in [4.78, 5) is 30.0. The molecule has 2 aromatic rings. The molecule has 9 nitrogen and oxygen atoms in total. The van der Waals surface area contributed by atoms with Crippen LogP contribution in [0.3, 0.4) is 0 Å². The van der Waals surface area contributed by atoms with Crippen LogP contribution in [0.1, 0.15) is 15.9 Å². The molecule has 0 fully saturated rings. The first kappa shape index (κ1) is 23.0. The molecule has 2 aromatic carbocycles. The molecule has 9 heteroatoms. The van der Waals surface area contributed by atoms with Gasteiger partial charge in [-0.15, -0.1) is 0 Å². The van der Waals surface area contributed by atoms with Crippen molar-refractivity contribution in [3.63, 3.8) is 0 Å². The van der Waals surface area contributed by atoms with Gasteiger partial charge in [0.05, 0.1) is 16.9 Å². The maximum atomic E-state index is 12.5. The number of hydrogen-bond acceptors (Lipinski definition) is 8. The van der Waals surface area contributed by atoms with Gasteiger partial charge in [0.2, 0.25) is 0 Å². The molecular weight excluding hydrogens is 388 g/mol. The first-order valence-electron chi connectivity index (χ1n) is 9.25. The lowest BCUT2D eigenvalue weighted by atomic mass is 10.1. The van der Waals surface area contributed by atoms with E-state index in [9.17, 15) is 14.8 Å². The predicted molar refractivity (Wildman–Crippen MR) is 116 cm³/mol. The van der Waals surface area contributed by atoms with E-state index in [4.69, 9.17) is 9.94 Å². The summed E-state index contributed by atoms with van der Waals surface area (Å²) in [5.74, 6) is -1.13. The number of rotatable bonds is 8. The zero-order valence-corrected chi connectivity index (χ0v) is 17.8. The summed E-state index contributed by atoms with van der Waals surface area (Å²) < 4.78 is 5.16. The van der Waals surface area contributed by atoms with Crippen molar-refractivity contribution in [2.24, 2.45) is 0 Å². The van der Waals surface area contributed by atoms with Crippen molar-refractivity contribution in [1.82, 2.24) is 4.90 Å². The number of carbonyl (C=O) groups excluding carboxylic acids is 2. The lowest BCUT2D eigenvalue weighted by Gasteiger charge is -2.24. The third-order valence-electron chi connectivity index (χ3n) is 4.53. The number of benzene rings is 2. The monoisotopic (exact) mass is 415 g/mol. The van der Waals surface area contributed by atoms with Gasteiger partial charge in [-0.3, -0.25) is 10.0 Å². The Labute approximate surface area is 176 Å². The van der Waals surface area contributed by atoms with Gasteiger partial charge in [-0.2, -0.15) is 0 Å². The van der Waals surface area contributed by atoms with Crippen molar-refractivity contribution in [2.75, 3.05) is 56.9 Å². The molecular formula is C21H27N4O5-. The average Bonchev–Trinajstić information content (AvgIpc) is 2.71. The number of anilines is 3. The highest BCUT2D eigenvalue weighted by atomic mass is 16.8. The van der Waals surface area contributed by atoms with Crippen molar-refractivity contribution in [3.05, 3.63) is 58.8 Å². The first-order valence-corrected chi connectivity index (χ1v) is 9.25. The summed E-state index contributed by atoms with van der Waals surface area (Å²) in [6.45, 7) is -0.0688. The number of amides is 1. The van der Waals surface area contributed by atoms with E-state index in [0.29, 0.717) is 12.2 Å². The van der Waals surface area contributed by atoms with Crippen LogP contribution in [0.2, 0.25) is 0 Å². The number of hydrogen-bond donors (Lipinski definition) is 1. The van der Waals surface area contributed by atoms with Crippen LogP contribution >= 0.6 is 0 Å². The van der Waals surface area contributed by atoms with Crippen LogP contribution in [0, 0.1) is 5.21 Å². The largest absolute Gasteiger partial charge is 0.733 e. The van der Waals surface area contributed by atoms with Crippen molar-refractivity contribution in [1.29, 1.82) is 0 Å². The number of esters is 1. The molecule has 0 radical (unpaired) electrons. The van der Waals surface area contributed by atoms with Crippen LogP contribution in [0.25, 0.3) is 0 Å². The summed E-state index contributed by atoms with van der Waals surface area (Å²) in [5, 5.41) is 19.9. The summed E-state index contributed by atoms with van der Waals surface area (Å²) in [6.07, 6.45) is 0. The number of likely N-dealkylation sites (N-methyl/N-ethyl adjacent to an activating group) is 1. The summed E-state index contributed by atoms with van der Waals surface area (Å²) in [5.41, 5.74) is 2.45. The quantitative estimate of drug-likeness (QED) is 0.518. The summed E-state index contributed by atoms with van der Waals surface area (Å²) >= 11 is 0. The van der Waals surface area contributed by atoms with E-state index in [1.54, 1.807) is 26.0 Å². The normalized spacial score (nSPS) is 10.4. The number of ether oxygens (including phenoxy) is 1. The molecule has 0 aromatic heterocycles. The van der Waals surface area contributed by atoms with Crippen molar-refractivity contribution >= 4 is 28.9 Å². The van der Waals surface area contributed by atoms with Gasteiger partial charge in [0.1, 0.15) is 0 Å². The van der Waals surface area contributed by atoms with Crippen molar-refractivity contribution in [2.45, 2.75) is 6.54 Å². The highest BCUT2D eigenvalue weighted by molar-refractivity contribution is 5.98. The maximum absolute atomic E-state index is 12.5. The number of carbonyl (C=O) groups is 2. The average molecular weight is 415 g/mol. The molecule has 0 saturated heterocycles. The minimum Gasteiger partial charge on any atom is -0.733 e. The second-order valence-electron chi connectivity index (χ2n) is 7.26. The van der Waals surface area contributed by atoms with Gasteiger partial charge < -0.3 is 29.9 Å². The Morgan fingerprint density at radius 1 is 0.933 bits per heavy atom. The molecule has 0 unspecified atom stereocenters. The Morgan fingerprint density at radius 2 is 1.53 bits per heavy atom. The molecule has 2 rings (SSSR count). The zero-order valence-electron chi connectivity index (χ0n) is 17.8. The van der Waals surface area contributed by atoms with Gasteiger partial charge in [-0.1, -0.05) is 12.1 Å². The van der Waals surface area contributed by atoms with E-state index in [1.165, 1.54) is 23.1 Å². The predicted octanol–water partition coefficient (Wildman–Crippen LogP) is 2.33. The van der Waals surface area contributed by atoms with Gasteiger partial charge in [-0.05, 0) is 35.9 Å². The Balaban J connectivity index is 2.01. The van der Waals surface area contributed by atoms with Gasteiger partial charge >= 0.3 is 5.97 Å². The molecule has 1 amide bonds. The molecule has 0 aliphatic rings. The molecule has 1 N–H and O–H groups in total. The lowest BCUT2D eigenvalue weighted by molar-refractivity contribution is -0.133. The molecule has 162 valence electrons. The molecule has 0 saturated carbocycles. The Kier molecular flexibility index (Phi) is 7.62. The fraction of sp³-hybridized carbons (Fsp3) is 0.333. The van der Waals surface area contributed by atoms with Gasteiger partial charge in [0.25, 0.3) is 5.91 Å². The van der Waals surface area contributed by atoms with Crippen LogP contribution in [0.4, 0.5) is 17.1 Å². The van der Waals surface area contributed by atoms with Gasteiger partial charge in [0, 0.05) is 47.5 Å². The smallest absolute Gasteiger partial charge is 0.340 e. The van der Waals surface area contributed by atoms with Crippen LogP contribution in [0.15, 0.2) is 42.5 Å². The third kappa shape index (κ3) is 5.85. The van der Waals surface area contributed by atoms with Crippen LogP contribution < -0.4 is 15.0 Å². The molecule has 0 aliphatic heterocycles. The Morgan fingerprint density at radius 3 is 2.07 bits per heavy atom. The minimum absolute atomic E-state index is 0.0714. The standard InChI is InChI=1S/C21H27N4O5/c1-22(2)16-8-6-15(7-9-16)13-24(5)20(26)14-30-21(27)18-12-17(25(28)29)10-11-19(18)23(3)4/h6-12,28H,13-14H2,1-5H3/q-1.